The highest BCUT2D eigenvalue weighted by Crippen LogP contribution is 2.37. The second kappa shape index (κ2) is 3.60. The first-order chi connectivity index (χ1) is 6.93. The van der Waals surface area contributed by atoms with Crippen LogP contribution < -0.4 is 0 Å². The fraction of sp³-hybridized carbons (Fsp3) is 0.900. The van der Waals surface area contributed by atoms with Gasteiger partial charge in [-0.2, -0.15) is 0 Å². The number of halogens is 4. The van der Waals surface area contributed by atoms with E-state index in [0.717, 1.165) is 0 Å². The van der Waals surface area contributed by atoms with E-state index < -0.39 is 42.7 Å². The molecule has 0 aromatic heterocycles. The number of likely N-dealkylation sites (tertiary alicyclic amines) is 1. The van der Waals surface area contributed by atoms with Gasteiger partial charge in [-0.15, -0.1) is 0 Å². The summed E-state index contributed by atoms with van der Waals surface area (Å²) in [5.41, 5.74) is -0.927. The normalized spacial score (nSPS) is 24.3. The molecule has 0 spiro atoms. The second-order valence-corrected chi connectivity index (χ2v) is 5.30. The minimum atomic E-state index is -3.51. The number of carbonyl (C=O) groups excluding carboxylic acids is 1. The predicted octanol–water partition coefficient (Wildman–Crippen LogP) is 2.54. The summed E-state index contributed by atoms with van der Waals surface area (Å²) in [5, 5.41) is 0. The van der Waals surface area contributed by atoms with Gasteiger partial charge in [-0.25, -0.2) is 17.6 Å². The summed E-state index contributed by atoms with van der Waals surface area (Å²) in [6, 6.07) is 0. The fourth-order valence-electron chi connectivity index (χ4n) is 1.72. The van der Waals surface area contributed by atoms with Crippen molar-refractivity contribution in [1.82, 2.24) is 4.90 Å². The Kier molecular flexibility index (Phi) is 2.98. The van der Waals surface area contributed by atoms with Crippen molar-refractivity contribution < 1.29 is 22.4 Å². The average Bonchev–Trinajstić information content (AvgIpc) is 1.94. The Balaban J connectivity index is 2.87. The zero-order valence-electron chi connectivity index (χ0n) is 9.49. The summed E-state index contributed by atoms with van der Waals surface area (Å²) in [7, 11) is 0. The molecule has 2 nitrogen and oxygen atoms in total. The number of nitrogens with zero attached hydrogens (tertiary/aromatic N) is 1. The van der Waals surface area contributed by atoms with Gasteiger partial charge in [-0.05, 0) is 0 Å². The average molecular weight is 241 g/mol. The largest absolute Gasteiger partial charge is 0.330 e. The number of rotatable bonds is 0. The molecular weight excluding hydrogens is 226 g/mol. The van der Waals surface area contributed by atoms with E-state index in [1.807, 2.05) is 0 Å². The Morgan fingerprint density at radius 1 is 1.06 bits per heavy atom. The van der Waals surface area contributed by atoms with Gasteiger partial charge in [0.15, 0.2) is 0 Å². The topological polar surface area (TPSA) is 20.3 Å². The van der Waals surface area contributed by atoms with Crippen molar-refractivity contribution in [2.45, 2.75) is 39.0 Å². The minimum Gasteiger partial charge on any atom is -0.330 e. The van der Waals surface area contributed by atoms with Crippen LogP contribution in [-0.2, 0) is 4.79 Å². The van der Waals surface area contributed by atoms with Crippen molar-refractivity contribution in [2.24, 2.45) is 5.41 Å². The number of hydrogen-bond acceptors (Lipinski definition) is 1. The van der Waals surface area contributed by atoms with Crippen LogP contribution in [0.15, 0.2) is 0 Å². The first-order valence-corrected chi connectivity index (χ1v) is 4.98. The molecule has 0 atom stereocenters. The number of hydrogen-bond donors (Lipinski definition) is 0. The summed E-state index contributed by atoms with van der Waals surface area (Å²) in [5.74, 6) is -7.70. The zero-order chi connectivity index (χ0) is 12.8. The Morgan fingerprint density at radius 2 is 1.44 bits per heavy atom. The molecule has 0 aromatic carbocycles. The van der Waals surface area contributed by atoms with Crippen LogP contribution in [0.3, 0.4) is 0 Å². The maximum atomic E-state index is 13.0. The number of alkyl halides is 4. The molecule has 0 aromatic rings. The highest BCUT2D eigenvalue weighted by Gasteiger charge is 2.52. The van der Waals surface area contributed by atoms with Gasteiger partial charge in [0, 0.05) is 5.41 Å². The van der Waals surface area contributed by atoms with E-state index in [9.17, 15) is 22.4 Å². The molecule has 94 valence electrons. The van der Waals surface area contributed by atoms with E-state index >= 15 is 0 Å². The van der Waals surface area contributed by atoms with Crippen LogP contribution in [0.4, 0.5) is 17.6 Å². The monoisotopic (exact) mass is 241 g/mol. The van der Waals surface area contributed by atoms with E-state index in [1.165, 1.54) is 20.8 Å². The van der Waals surface area contributed by atoms with Crippen molar-refractivity contribution in [3.8, 4) is 0 Å². The molecule has 16 heavy (non-hydrogen) atoms. The lowest BCUT2D eigenvalue weighted by Crippen LogP contribution is -2.56. The Hall–Kier alpha value is -0.810. The SMILES string of the molecule is CC(C)(C)C(=O)N1CC(F)(F)CC(F)(F)C1. The zero-order valence-corrected chi connectivity index (χ0v) is 9.49. The minimum absolute atomic E-state index is 0.559. The molecule has 1 aliphatic heterocycles. The third-order valence-corrected chi connectivity index (χ3v) is 2.29. The Bertz CT molecular complexity index is 280. The van der Waals surface area contributed by atoms with E-state index in [2.05, 4.69) is 0 Å². The lowest BCUT2D eigenvalue weighted by molar-refractivity contribution is -0.186. The second-order valence-electron chi connectivity index (χ2n) is 5.30. The van der Waals surface area contributed by atoms with Gasteiger partial charge >= 0.3 is 0 Å². The van der Waals surface area contributed by atoms with Gasteiger partial charge in [0.2, 0.25) is 5.91 Å². The van der Waals surface area contributed by atoms with Crippen molar-refractivity contribution in [3.05, 3.63) is 0 Å². The molecule has 0 aliphatic carbocycles. The Morgan fingerprint density at radius 3 is 1.75 bits per heavy atom. The van der Waals surface area contributed by atoms with Crippen molar-refractivity contribution in [1.29, 1.82) is 0 Å². The molecule has 0 saturated carbocycles. The van der Waals surface area contributed by atoms with Crippen LogP contribution in [0, 0.1) is 5.41 Å². The van der Waals surface area contributed by atoms with Crippen molar-refractivity contribution in [3.63, 3.8) is 0 Å². The molecule has 1 fully saturated rings. The quantitative estimate of drug-likeness (QED) is 0.597. The molecule has 0 bridgehead atoms. The number of piperidine rings is 1. The van der Waals surface area contributed by atoms with Gasteiger partial charge in [-0.3, -0.25) is 4.79 Å². The molecule has 0 unspecified atom stereocenters. The van der Waals surface area contributed by atoms with Gasteiger partial charge < -0.3 is 4.90 Å². The number of carbonyl (C=O) groups is 1. The van der Waals surface area contributed by atoms with E-state index in [4.69, 9.17) is 0 Å². The highest BCUT2D eigenvalue weighted by atomic mass is 19.3. The first kappa shape index (κ1) is 13.3. The maximum absolute atomic E-state index is 13.0. The van der Waals surface area contributed by atoms with Crippen LogP contribution in [-0.4, -0.2) is 35.7 Å². The maximum Gasteiger partial charge on any atom is 0.271 e. The fourth-order valence-corrected chi connectivity index (χ4v) is 1.72. The summed E-state index contributed by atoms with van der Waals surface area (Å²) < 4.78 is 52.1. The molecule has 1 rings (SSSR count). The third kappa shape index (κ3) is 3.09. The Labute approximate surface area is 91.6 Å². The van der Waals surface area contributed by atoms with Crippen LogP contribution in [0.5, 0.6) is 0 Å². The first-order valence-electron chi connectivity index (χ1n) is 4.98. The van der Waals surface area contributed by atoms with E-state index in [-0.39, 0.29) is 0 Å². The van der Waals surface area contributed by atoms with Gasteiger partial charge in [0.1, 0.15) is 0 Å². The molecule has 6 heteroatoms. The van der Waals surface area contributed by atoms with Crippen LogP contribution >= 0.6 is 0 Å². The smallest absolute Gasteiger partial charge is 0.271 e. The van der Waals surface area contributed by atoms with Gasteiger partial charge in [-0.1, -0.05) is 20.8 Å². The van der Waals surface area contributed by atoms with Gasteiger partial charge in [0.05, 0.1) is 19.5 Å². The van der Waals surface area contributed by atoms with Crippen molar-refractivity contribution in [2.75, 3.05) is 13.1 Å². The summed E-state index contributed by atoms with van der Waals surface area (Å²) >= 11 is 0. The molecular formula is C10H15F4NO. The third-order valence-electron chi connectivity index (χ3n) is 2.29. The standard InChI is InChI=1S/C10H15F4NO/c1-8(2,3)7(16)15-5-9(11,12)4-10(13,14)6-15/h4-6H2,1-3H3. The number of amides is 1. The molecule has 0 N–H and O–H groups in total. The summed E-state index contributed by atoms with van der Waals surface area (Å²) in [4.78, 5) is 12.2. The lowest BCUT2D eigenvalue weighted by Gasteiger charge is -2.39. The summed E-state index contributed by atoms with van der Waals surface area (Å²) in [6.45, 7) is 2.71. The lowest BCUT2D eigenvalue weighted by atomic mass is 9.92. The summed E-state index contributed by atoms with van der Waals surface area (Å²) in [6.07, 6.45) is -1.48. The van der Waals surface area contributed by atoms with Crippen LogP contribution in [0.2, 0.25) is 0 Å². The van der Waals surface area contributed by atoms with E-state index in [1.54, 1.807) is 0 Å². The molecule has 1 amide bonds. The van der Waals surface area contributed by atoms with E-state index in [0.29, 0.717) is 4.90 Å². The molecule has 0 radical (unpaired) electrons. The van der Waals surface area contributed by atoms with Gasteiger partial charge in [0.25, 0.3) is 11.8 Å². The molecule has 1 aliphatic rings. The van der Waals surface area contributed by atoms with Crippen molar-refractivity contribution >= 4 is 5.91 Å². The molecule has 1 heterocycles. The van der Waals surface area contributed by atoms with Crippen LogP contribution in [0.25, 0.3) is 0 Å². The highest BCUT2D eigenvalue weighted by molar-refractivity contribution is 5.81. The predicted molar refractivity (Wildman–Crippen MR) is 50.5 cm³/mol. The molecule has 1 saturated heterocycles. The van der Waals surface area contributed by atoms with Crippen LogP contribution in [0.1, 0.15) is 27.2 Å².